The first kappa shape index (κ1) is 19.3. The molecule has 0 fully saturated rings. The number of carbonyl (C=O) groups is 2. The van der Waals surface area contributed by atoms with E-state index in [9.17, 15) is 14.7 Å². The maximum absolute atomic E-state index is 13.3. The van der Waals surface area contributed by atoms with Crippen LogP contribution in [0.15, 0.2) is 84.9 Å². The van der Waals surface area contributed by atoms with Crippen molar-refractivity contribution in [1.29, 1.82) is 0 Å². The number of para-hydroxylation sites is 1. The molecule has 1 atom stereocenters. The molecular weight excluding hydrogens is 376 g/mol. The molecule has 0 aliphatic heterocycles. The number of carbonyl (C=O) groups excluding carboxylic acids is 2. The van der Waals surface area contributed by atoms with E-state index in [1.54, 1.807) is 30.3 Å². The maximum Gasteiger partial charge on any atom is 0.256 e. The molecule has 0 radical (unpaired) electrons. The zero-order valence-electron chi connectivity index (χ0n) is 16.4. The number of benzene rings is 3. The Kier molecular flexibility index (Phi) is 5.26. The fourth-order valence-electron chi connectivity index (χ4n) is 3.50. The maximum atomic E-state index is 13.3. The Hall–Kier alpha value is -3.99. The molecular formula is C25H20N2O3. The molecule has 0 spiro atoms. The van der Waals surface area contributed by atoms with Gasteiger partial charge in [0.15, 0.2) is 11.5 Å². The number of aromatic hydroxyl groups is 1. The number of fused-ring (bicyclic) bond motifs is 1. The summed E-state index contributed by atoms with van der Waals surface area (Å²) in [5, 5.41) is 14.3. The number of pyridine rings is 1. The first-order valence-electron chi connectivity index (χ1n) is 9.59. The van der Waals surface area contributed by atoms with E-state index in [0.717, 1.165) is 0 Å². The van der Waals surface area contributed by atoms with Crippen LogP contribution in [0.25, 0.3) is 22.2 Å². The van der Waals surface area contributed by atoms with Crippen LogP contribution in [0.4, 0.5) is 0 Å². The van der Waals surface area contributed by atoms with Gasteiger partial charge in [0.25, 0.3) is 5.91 Å². The first-order valence-corrected chi connectivity index (χ1v) is 9.59. The van der Waals surface area contributed by atoms with Crippen molar-refractivity contribution in [2.24, 2.45) is 0 Å². The van der Waals surface area contributed by atoms with Crippen LogP contribution < -0.4 is 5.32 Å². The number of ketones is 1. The molecule has 5 nitrogen and oxygen atoms in total. The lowest BCUT2D eigenvalue weighted by Crippen LogP contribution is -2.33. The second-order valence-corrected chi connectivity index (χ2v) is 6.99. The summed E-state index contributed by atoms with van der Waals surface area (Å²) in [5.74, 6) is -0.948. The van der Waals surface area contributed by atoms with Gasteiger partial charge < -0.3 is 10.4 Å². The highest BCUT2D eigenvalue weighted by atomic mass is 16.3. The molecule has 148 valence electrons. The van der Waals surface area contributed by atoms with Crippen molar-refractivity contribution in [3.05, 3.63) is 96.1 Å². The third-order valence-electron chi connectivity index (χ3n) is 4.96. The minimum absolute atomic E-state index is 0.0987. The van der Waals surface area contributed by atoms with Gasteiger partial charge in [-0.1, -0.05) is 78.9 Å². The van der Waals surface area contributed by atoms with Gasteiger partial charge in [-0.15, -0.1) is 0 Å². The standard InChI is InChI=1S/C25H20N2O3/c1-16(28)22(17-10-4-2-5-11-17)27-25(30)21-19-14-8-9-15-20(19)26-23(24(21)29)18-12-6-3-7-13-18/h2-15,22,29H,1H3,(H,27,30). The predicted molar refractivity (Wildman–Crippen MR) is 116 cm³/mol. The molecule has 3 aromatic carbocycles. The van der Waals surface area contributed by atoms with E-state index in [1.165, 1.54) is 6.92 Å². The van der Waals surface area contributed by atoms with E-state index >= 15 is 0 Å². The van der Waals surface area contributed by atoms with E-state index in [1.807, 2.05) is 54.6 Å². The average Bonchev–Trinajstić information content (AvgIpc) is 2.78. The van der Waals surface area contributed by atoms with Gasteiger partial charge in [0.05, 0.1) is 11.1 Å². The Balaban J connectivity index is 1.84. The number of nitrogens with one attached hydrogen (secondary N) is 1. The van der Waals surface area contributed by atoms with Crippen molar-refractivity contribution in [3.63, 3.8) is 0 Å². The Morgan fingerprint density at radius 1 is 0.867 bits per heavy atom. The third kappa shape index (κ3) is 3.65. The fourth-order valence-corrected chi connectivity index (χ4v) is 3.50. The highest BCUT2D eigenvalue weighted by Gasteiger charge is 2.25. The quantitative estimate of drug-likeness (QED) is 0.514. The predicted octanol–water partition coefficient (Wildman–Crippen LogP) is 4.67. The minimum Gasteiger partial charge on any atom is -0.505 e. The van der Waals surface area contributed by atoms with Gasteiger partial charge in [-0.25, -0.2) is 4.98 Å². The van der Waals surface area contributed by atoms with Crippen molar-refractivity contribution in [2.45, 2.75) is 13.0 Å². The van der Waals surface area contributed by atoms with E-state index in [0.29, 0.717) is 27.7 Å². The van der Waals surface area contributed by atoms with Gasteiger partial charge in [0.1, 0.15) is 11.7 Å². The summed E-state index contributed by atoms with van der Waals surface area (Å²) < 4.78 is 0. The lowest BCUT2D eigenvalue weighted by Gasteiger charge is -2.18. The summed E-state index contributed by atoms with van der Waals surface area (Å²) in [7, 11) is 0. The number of rotatable bonds is 5. The summed E-state index contributed by atoms with van der Waals surface area (Å²) in [4.78, 5) is 30.1. The number of aromatic nitrogens is 1. The first-order chi connectivity index (χ1) is 14.6. The minimum atomic E-state index is -0.815. The third-order valence-corrected chi connectivity index (χ3v) is 4.96. The molecule has 1 aromatic heterocycles. The summed E-state index contributed by atoms with van der Waals surface area (Å²) in [6.07, 6.45) is 0. The summed E-state index contributed by atoms with van der Waals surface area (Å²) in [6, 6.07) is 24.5. The topological polar surface area (TPSA) is 79.3 Å². The van der Waals surface area contributed by atoms with E-state index < -0.39 is 11.9 Å². The number of amides is 1. The zero-order valence-corrected chi connectivity index (χ0v) is 16.4. The van der Waals surface area contributed by atoms with Crippen molar-refractivity contribution in [3.8, 4) is 17.0 Å². The Bertz CT molecular complexity index is 1220. The molecule has 4 aromatic rings. The van der Waals surface area contributed by atoms with Gasteiger partial charge in [0, 0.05) is 10.9 Å². The van der Waals surface area contributed by atoms with Gasteiger partial charge >= 0.3 is 0 Å². The Labute approximate surface area is 174 Å². The van der Waals surface area contributed by atoms with Crippen molar-refractivity contribution in [1.82, 2.24) is 10.3 Å². The molecule has 0 aliphatic rings. The molecule has 5 heteroatoms. The van der Waals surface area contributed by atoms with Crippen LogP contribution >= 0.6 is 0 Å². The largest absolute Gasteiger partial charge is 0.505 e. The molecule has 1 amide bonds. The lowest BCUT2D eigenvalue weighted by atomic mass is 9.99. The highest BCUT2D eigenvalue weighted by molar-refractivity contribution is 6.11. The molecule has 30 heavy (non-hydrogen) atoms. The Morgan fingerprint density at radius 2 is 1.47 bits per heavy atom. The van der Waals surface area contributed by atoms with E-state index in [2.05, 4.69) is 10.3 Å². The normalized spacial score (nSPS) is 11.8. The summed E-state index contributed by atoms with van der Waals surface area (Å²) in [5.41, 5.74) is 2.37. The molecule has 0 saturated heterocycles. The van der Waals surface area contributed by atoms with Gasteiger partial charge in [-0.05, 0) is 18.6 Å². The van der Waals surface area contributed by atoms with Crippen LogP contribution in [0.2, 0.25) is 0 Å². The van der Waals surface area contributed by atoms with Gasteiger partial charge in [-0.3, -0.25) is 9.59 Å². The number of hydrogen-bond donors (Lipinski definition) is 2. The summed E-state index contributed by atoms with van der Waals surface area (Å²) in [6.45, 7) is 1.43. The molecule has 2 N–H and O–H groups in total. The molecule has 1 unspecified atom stereocenters. The van der Waals surface area contributed by atoms with Gasteiger partial charge in [0.2, 0.25) is 0 Å². The zero-order chi connectivity index (χ0) is 21.1. The molecule has 0 saturated carbocycles. The SMILES string of the molecule is CC(=O)C(NC(=O)c1c(O)c(-c2ccccc2)nc2ccccc12)c1ccccc1. The lowest BCUT2D eigenvalue weighted by molar-refractivity contribution is -0.118. The van der Waals surface area contributed by atoms with E-state index in [-0.39, 0.29) is 17.1 Å². The van der Waals surface area contributed by atoms with Crippen LogP contribution in [0, 0.1) is 0 Å². The average molecular weight is 396 g/mol. The smallest absolute Gasteiger partial charge is 0.256 e. The number of nitrogens with zero attached hydrogens (tertiary/aromatic N) is 1. The molecule has 0 bridgehead atoms. The molecule has 1 heterocycles. The van der Waals surface area contributed by atoms with Gasteiger partial charge in [-0.2, -0.15) is 0 Å². The van der Waals surface area contributed by atoms with Crippen molar-refractivity contribution >= 4 is 22.6 Å². The summed E-state index contributed by atoms with van der Waals surface area (Å²) >= 11 is 0. The fraction of sp³-hybridized carbons (Fsp3) is 0.0800. The monoisotopic (exact) mass is 396 g/mol. The Morgan fingerprint density at radius 3 is 2.13 bits per heavy atom. The van der Waals surface area contributed by atoms with Crippen LogP contribution in [0.3, 0.4) is 0 Å². The van der Waals surface area contributed by atoms with E-state index in [4.69, 9.17) is 0 Å². The van der Waals surface area contributed by atoms with Crippen LogP contribution in [0.5, 0.6) is 5.75 Å². The van der Waals surface area contributed by atoms with Crippen molar-refractivity contribution < 1.29 is 14.7 Å². The second kappa shape index (κ2) is 8.17. The van der Waals surface area contributed by atoms with Crippen LogP contribution in [-0.4, -0.2) is 21.8 Å². The molecule has 4 rings (SSSR count). The highest BCUT2D eigenvalue weighted by Crippen LogP contribution is 2.35. The second-order valence-electron chi connectivity index (χ2n) is 6.99. The number of Topliss-reactive ketones (excluding diaryl/α,β-unsaturated/α-hetero) is 1. The number of hydrogen-bond acceptors (Lipinski definition) is 4. The van der Waals surface area contributed by atoms with Crippen LogP contribution in [-0.2, 0) is 4.79 Å². The van der Waals surface area contributed by atoms with Crippen LogP contribution in [0.1, 0.15) is 28.9 Å². The molecule has 0 aliphatic carbocycles. The van der Waals surface area contributed by atoms with Crippen molar-refractivity contribution in [2.75, 3.05) is 0 Å².